The number of benzene rings is 2. The predicted molar refractivity (Wildman–Crippen MR) is 119 cm³/mol. The second kappa shape index (κ2) is 8.50. The maximum Gasteiger partial charge on any atom is 0.263 e. The Balaban J connectivity index is 1.47. The molecule has 2 heterocycles. The monoisotopic (exact) mass is 437 g/mol. The second-order valence-corrected chi connectivity index (χ2v) is 8.61. The SMILES string of the molecule is CSc1cccc(NC(=O)CN2N=N[C@H]3C(=O)N(c4ccc(C(C)C)cc4)C(=O)[C@@H]32)c1. The van der Waals surface area contributed by atoms with Crippen LogP contribution in [0, 0.1) is 0 Å². The topological polar surface area (TPSA) is 94.4 Å². The van der Waals surface area contributed by atoms with Gasteiger partial charge in [-0.3, -0.25) is 19.4 Å². The molecule has 1 saturated heterocycles. The molecule has 0 unspecified atom stereocenters. The highest BCUT2D eigenvalue weighted by molar-refractivity contribution is 7.98. The van der Waals surface area contributed by atoms with Crippen LogP contribution in [0.1, 0.15) is 25.3 Å². The Kier molecular flexibility index (Phi) is 5.77. The van der Waals surface area contributed by atoms with E-state index < -0.39 is 23.9 Å². The molecule has 1 fully saturated rings. The summed E-state index contributed by atoms with van der Waals surface area (Å²) in [5.74, 6) is -0.836. The smallest absolute Gasteiger partial charge is 0.263 e. The lowest BCUT2D eigenvalue weighted by atomic mass is 10.0. The molecule has 8 nitrogen and oxygen atoms in total. The molecular weight excluding hydrogens is 414 g/mol. The Morgan fingerprint density at radius 1 is 1.13 bits per heavy atom. The Hall–Kier alpha value is -3.20. The van der Waals surface area contributed by atoms with Gasteiger partial charge in [0.05, 0.1) is 5.69 Å². The highest BCUT2D eigenvalue weighted by atomic mass is 32.2. The average molecular weight is 438 g/mol. The van der Waals surface area contributed by atoms with Gasteiger partial charge in [0.2, 0.25) is 5.91 Å². The molecule has 2 aliphatic heterocycles. The minimum Gasteiger partial charge on any atom is -0.324 e. The summed E-state index contributed by atoms with van der Waals surface area (Å²) >= 11 is 1.57. The standard InChI is InChI=1S/C22H23N5O3S/c1-13(2)14-7-9-16(10-8-14)27-21(29)19-20(22(27)30)26(25-24-19)12-18(28)23-15-5-4-6-17(11-15)31-3/h4-11,13,19-20H,12H2,1-3H3,(H,23,28)/t19-,20-/m1/s1. The van der Waals surface area contributed by atoms with E-state index in [0.717, 1.165) is 15.4 Å². The number of hydrogen-bond donors (Lipinski definition) is 1. The maximum atomic E-state index is 13.1. The molecule has 160 valence electrons. The summed E-state index contributed by atoms with van der Waals surface area (Å²) in [6.07, 6.45) is 1.95. The maximum absolute atomic E-state index is 13.1. The van der Waals surface area contributed by atoms with E-state index in [9.17, 15) is 14.4 Å². The molecule has 0 bridgehead atoms. The van der Waals surface area contributed by atoms with Crippen molar-refractivity contribution in [1.82, 2.24) is 5.01 Å². The zero-order valence-electron chi connectivity index (χ0n) is 17.5. The molecule has 3 amide bonds. The van der Waals surface area contributed by atoms with Crippen LogP contribution in [-0.4, -0.2) is 47.6 Å². The Morgan fingerprint density at radius 3 is 2.55 bits per heavy atom. The van der Waals surface area contributed by atoms with Crippen molar-refractivity contribution < 1.29 is 14.4 Å². The zero-order chi connectivity index (χ0) is 22.1. The number of anilines is 2. The molecule has 31 heavy (non-hydrogen) atoms. The van der Waals surface area contributed by atoms with Gasteiger partial charge in [-0.25, -0.2) is 4.90 Å². The molecule has 0 radical (unpaired) electrons. The zero-order valence-corrected chi connectivity index (χ0v) is 18.3. The van der Waals surface area contributed by atoms with Crippen LogP contribution in [0.5, 0.6) is 0 Å². The van der Waals surface area contributed by atoms with Crippen LogP contribution in [0.4, 0.5) is 11.4 Å². The normalized spacial score (nSPS) is 20.0. The molecule has 2 aromatic rings. The van der Waals surface area contributed by atoms with E-state index >= 15 is 0 Å². The first-order valence-corrected chi connectivity index (χ1v) is 11.2. The molecule has 2 atom stereocenters. The number of carbonyl (C=O) groups is 3. The molecule has 2 aliphatic rings. The van der Waals surface area contributed by atoms with Crippen LogP contribution >= 0.6 is 11.8 Å². The molecule has 1 N–H and O–H groups in total. The highest BCUT2D eigenvalue weighted by Gasteiger charge is 2.55. The lowest BCUT2D eigenvalue weighted by Gasteiger charge is -2.20. The van der Waals surface area contributed by atoms with Gasteiger partial charge in [0.25, 0.3) is 11.8 Å². The van der Waals surface area contributed by atoms with Gasteiger partial charge in [-0.05, 0) is 48.1 Å². The fourth-order valence-corrected chi connectivity index (χ4v) is 4.12. The van der Waals surface area contributed by atoms with Crippen LogP contribution in [0.2, 0.25) is 0 Å². The quantitative estimate of drug-likeness (QED) is 0.552. The summed E-state index contributed by atoms with van der Waals surface area (Å²) in [4.78, 5) is 40.6. The van der Waals surface area contributed by atoms with E-state index in [1.54, 1.807) is 30.0 Å². The Morgan fingerprint density at radius 2 is 1.87 bits per heavy atom. The van der Waals surface area contributed by atoms with Gasteiger partial charge in [-0.15, -0.1) is 11.8 Å². The average Bonchev–Trinajstić information content (AvgIpc) is 3.27. The van der Waals surface area contributed by atoms with E-state index in [1.165, 1.54) is 5.01 Å². The summed E-state index contributed by atoms with van der Waals surface area (Å²) in [5.41, 5.74) is 2.28. The molecule has 0 saturated carbocycles. The van der Waals surface area contributed by atoms with E-state index in [4.69, 9.17) is 0 Å². The van der Waals surface area contributed by atoms with E-state index in [-0.39, 0.29) is 12.5 Å². The van der Waals surface area contributed by atoms with Crippen LogP contribution in [0.15, 0.2) is 63.8 Å². The minimum atomic E-state index is -0.926. The number of thioether (sulfide) groups is 1. The van der Waals surface area contributed by atoms with Crippen molar-refractivity contribution in [1.29, 1.82) is 0 Å². The van der Waals surface area contributed by atoms with Gasteiger partial charge in [0.1, 0.15) is 6.54 Å². The van der Waals surface area contributed by atoms with Gasteiger partial charge >= 0.3 is 0 Å². The first-order valence-electron chi connectivity index (χ1n) is 9.98. The van der Waals surface area contributed by atoms with Gasteiger partial charge in [-0.2, -0.15) is 5.11 Å². The fourth-order valence-electron chi connectivity index (χ4n) is 3.67. The molecule has 0 aromatic heterocycles. The van der Waals surface area contributed by atoms with Crippen molar-refractivity contribution >= 4 is 40.9 Å². The first-order chi connectivity index (χ1) is 14.9. The van der Waals surface area contributed by atoms with Gasteiger partial charge < -0.3 is 5.32 Å². The van der Waals surface area contributed by atoms with Crippen LogP contribution in [0.3, 0.4) is 0 Å². The third-order valence-corrected chi connectivity index (χ3v) is 6.06. The number of imide groups is 1. The summed E-state index contributed by atoms with van der Waals surface area (Å²) in [6, 6.07) is 13.0. The summed E-state index contributed by atoms with van der Waals surface area (Å²) < 4.78 is 0. The predicted octanol–water partition coefficient (Wildman–Crippen LogP) is 3.46. The van der Waals surface area contributed by atoms with E-state index in [0.29, 0.717) is 17.3 Å². The number of nitrogens with zero attached hydrogens (tertiary/aromatic N) is 4. The van der Waals surface area contributed by atoms with Crippen molar-refractivity contribution in [3.05, 3.63) is 54.1 Å². The van der Waals surface area contributed by atoms with Crippen LogP contribution in [-0.2, 0) is 14.4 Å². The summed E-state index contributed by atoms with van der Waals surface area (Å²) in [5, 5.41) is 12.0. The highest BCUT2D eigenvalue weighted by Crippen LogP contribution is 2.32. The fraction of sp³-hybridized carbons (Fsp3) is 0.318. The molecule has 4 rings (SSSR count). The first kappa shape index (κ1) is 21.0. The third-order valence-electron chi connectivity index (χ3n) is 5.33. The van der Waals surface area contributed by atoms with Crippen molar-refractivity contribution in [3.8, 4) is 0 Å². The van der Waals surface area contributed by atoms with Crippen LogP contribution in [0.25, 0.3) is 0 Å². The van der Waals surface area contributed by atoms with Gasteiger partial charge in [-0.1, -0.05) is 37.3 Å². The molecule has 9 heteroatoms. The number of hydrogen-bond acceptors (Lipinski definition) is 7. The van der Waals surface area contributed by atoms with Gasteiger partial charge in [0.15, 0.2) is 12.1 Å². The summed E-state index contributed by atoms with van der Waals surface area (Å²) in [6.45, 7) is 3.98. The lowest BCUT2D eigenvalue weighted by molar-refractivity contribution is -0.123. The minimum absolute atomic E-state index is 0.173. The molecule has 0 spiro atoms. The molecule has 0 aliphatic carbocycles. The lowest BCUT2D eigenvalue weighted by Crippen LogP contribution is -2.43. The van der Waals surface area contributed by atoms with Gasteiger partial charge in [0, 0.05) is 10.6 Å². The second-order valence-electron chi connectivity index (χ2n) is 7.73. The summed E-state index contributed by atoms with van der Waals surface area (Å²) in [7, 11) is 0. The van der Waals surface area contributed by atoms with Crippen molar-refractivity contribution in [3.63, 3.8) is 0 Å². The number of amides is 3. The van der Waals surface area contributed by atoms with Crippen molar-refractivity contribution in [2.24, 2.45) is 10.3 Å². The van der Waals surface area contributed by atoms with Crippen molar-refractivity contribution in [2.75, 3.05) is 23.0 Å². The molecular formula is C22H23N5O3S. The molecule has 2 aromatic carbocycles. The van der Waals surface area contributed by atoms with E-state index in [1.807, 2.05) is 36.6 Å². The van der Waals surface area contributed by atoms with Crippen LogP contribution < -0.4 is 10.2 Å². The third kappa shape index (κ3) is 4.05. The number of rotatable bonds is 6. The largest absolute Gasteiger partial charge is 0.324 e. The van der Waals surface area contributed by atoms with E-state index in [2.05, 4.69) is 29.5 Å². The van der Waals surface area contributed by atoms with Crippen molar-refractivity contribution in [2.45, 2.75) is 36.7 Å². The number of fused-ring (bicyclic) bond motifs is 1. The Labute approximate surface area is 184 Å². The Bertz CT molecular complexity index is 1050. The number of nitrogens with one attached hydrogen (secondary N) is 1. The number of carbonyl (C=O) groups excluding carboxylic acids is 3.